The summed E-state index contributed by atoms with van der Waals surface area (Å²) < 4.78 is 11.0. The van der Waals surface area contributed by atoms with E-state index in [1.165, 1.54) is 6.92 Å². The Morgan fingerprint density at radius 3 is 2.53 bits per heavy atom. The highest BCUT2D eigenvalue weighted by molar-refractivity contribution is 6.13. The van der Waals surface area contributed by atoms with Crippen LogP contribution in [0, 0.1) is 6.92 Å². The molecule has 0 atom stereocenters. The first-order valence-electron chi connectivity index (χ1n) is 6.07. The van der Waals surface area contributed by atoms with Crippen molar-refractivity contribution in [1.82, 2.24) is 0 Å². The molecule has 2 rings (SSSR count). The largest absolute Gasteiger partial charge is 0.485 e. The Bertz CT molecular complexity index is 592. The fourth-order valence-electron chi connectivity index (χ4n) is 1.92. The highest BCUT2D eigenvalue weighted by Gasteiger charge is 2.30. The quantitative estimate of drug-likeness (QED) is 0.784. The fraction of sp³-hybridized carbons (Fsp3) is 0.333. The van der Waals surface area contributed by atoms with E-state index in [4.69, 9.17) is 9.47 Å². The molecule has 0 aliphatic carbocycles. The summed E-state index contributed by atoms with van der Waals surface area (Å²) in [6.45, 7) is 6.96. The molecule has 1 aromatic carbocycles. The number of ether oxygens (including phenoxy) is 2. The van der Waals surface area contributed by atoms with E-state index in [2.05, 4.69) is 0 Å². The summed E-state index contributed by atoms with van der Waals surface area (Å²) in [5.41, 5.74) is 2.12. The molecule has 1 aliphatic heterocycles. The van der Waals surface area contributed by atoms with Crippen LogP contribution in [0.25, 0.3) is 0 Å². The summed E-state index contributed by atoms with van der Waals surface area (Å²) in [6.07, 6.45) is 0. The van der Waals surface area contributed by atoms with Crippen LogP contribution >= 0.6 is 0 Å². The predicted octanol–water partition coefficient (Wildman–Crippen LogP) is 2.83. The number of Topliss-reactive ketones (excluding diaryl/α,β-unsaturated/α-hetero) is 2. The van der Waals surface area contributed by atoms with E-state index in [-0.39, 0.29) is 18.2 Å². The molecule has 1 heterocycles. The third-order valence-corrected chi connectivity index (χ3v) is 2.90. The second kappa shape index (κ2) is 4.88. The third-order valence-electron chi connectivity index (χ3n) is 2.90. The van der Waals surface area contributed by atoms with Crippen molar-refractivity contribution >= 4 is 11.6 Å². The second-order valence-corrected chi connectivity index (χ2v) is 4.82. The predicted molar refractivity (Wildman–Crippen MR) is 70.7 cm³/mol. The van der Waals surface area contributed by atoms with Crippen LogP contribution in [0.15, 0.2) is 23.5 Å². The minimum atomic E-state index is -0.101. The van der Waals surface area contributed by atoms with Gasteiger partial charge in [-0.05, 0) is 45.4 Å². The maximum absolute atomic E-state index is 12.1. The van der Waals surface area contributed by atoms with Gasteiger partial charge in [0.15, 0.2) is 11.5 Å². The van der Waals surface area contributed by atoms with Gasteiger partial charge in [-0.25, -0.2) is 0 Å². The lowest BCUT2D eigenvalue weighted by molar-refractivity contribution is -0.118. The molecular formula is C15H16O4. The van der Waals surface area contributed by atoms with Gasteiger partial charge in [0.1, 0.15) is 18.1 Å². The van der Waals surface area contributed by atoms with E-state index in [9.17, 15) is 9.59 Å². The van der Waals surface area contributed by atoms with E-state index in [1.54, 1.807) is 12.1 Å². The van der Waals surface area contributed by atoms with Crippen molar-refractivity contribution in [3.8, 4) is 11.5 Å². The van der Waals surface area contributed by atoms with Crippen LogP contribution in [-0.4, -0.2) is 18.2 Å². The van der Waals surface area contributed by atoms with Crippen molar-refractivity contribution < 1.29 is 19.1 Å². The van der Waals surface area contributed by atoms with Crippen molar-refractivity contribution in [2.45, 2.75) is 27.7 Å². The summed E-state index contributed by atoms with van der Waals surface area (Å²) >= 11 is 0. The van der Waals surface area contributed by atoms with E-state index in [1.807, 2.05) is 20.8 Å². The number of allylic oxidation sites excluding steroid dienone is 2. The molecule has 0 amide bonds. The molecule has 4 heteroatoms. The van der Waals surface area contributed by atoms with Gasteiger partial charge in [0.2, 0.25) is 5.78 Å². The average molecular weight is 260 g/mol. The monoisotopic (exact) mass is 260 g/mol. The van der Waals surface area contributed by atoms with Gasteiger partial charge in [0.25, 0.3) is 0 Å². The molecule has 0 unspecified atom stereocenters. The third kappa shape index (κ3) is 2.38. The summed E-state index contributed by atoms with van der Waals surface area (Å²) in [4.78, 5) is 23.0. The molecule has 0 aromatic heterocycles. The summed E-state index contributed by atoms with van der Waals surface area (Å²) in [5.74, 6) is 1.32. The SMILES string of the molecule is CC(=O)COc1ccc2c(c1C)OC(=C(C)C)C2=O. The number of fused-ring (bicyclic) bond motifs is 1. The molecule has 0 spiro atoms. The lowest BCUT2D eigenvalue weighted by Gasteiger charge is -2.10. The zero-order valence-corrected chi connectivity index (χ0v) is 11.5. The molecule has 0 saturated carbocycles. The number of ketones is 2. The number of benzene rings is 1. The number of rotatable bonds is 3. The standard InChI is InChI=1S/C15H16O4/c1-8(2)14-13(17)11-5-6-12(18-7-9(3)16)10(4)15(11)19-14/h5-6H,7H2,1-4H3. The lowest BCUT2D eigenvalue weighted by Crippen LogP contribution is -2.07. The molecular weight excluding hydrogens is 244 g/mol. The molecule has 0 radical (unpaired) electrons. The van der Waals surface area contributed by atoms with Crippen LogP contribution in [0.1, 0.15) is 36.7 Å². The Balaban J connectivity index is 2.39. The smallest absolute Gasteiger partial charge is 0.231 e. The molecule has 0 bridgehead atoms. The molecule has 4 nitrogen and oxygen atoms in total. The van der Waals surface area contributed by atoms with Crippen LogP contribution in [0.3, 0.4) is 0 Å². The Kier molecular flexibility index (Phi) is 3.42. The summed E-state index contributed by atoms with van der Waals surface area (Å²) in [5, 5.41) is 0. The zero-order valence-electron chi connectivity index (χ0n) is 11.5. The van der Waals surface area contributed by atoms with Gasteiger partial charge in [0.05, 0.1) is 5.56 Å². The Morgan fingerprint density at radius 1 is 1.26 bits per heavy atom. The molecule has 0 saturated heterocycles. The van der Waals surface area contributed by atoms with Gasteiger partial charge in [-0.2, -0.15) is 0 Å². The number of carbonyl (C=O) groups is 2. The van der Waals surface area contributed by atoms with Crippen LogP contribution in [-0.2, 0) is 4.79 Å². The molecule has 19 heavy (non-hydrogen) atoms. The van der Waals surface area contributed by atoms with Crippen molar-refractivity contribution in [3.63, 3.8) is 0 Å². The average Bonchev–Trinajstić information content (AvgIpc) is 2.67. The fourth-order valence-corrected chi connectivity index (χ4v) is 1.92. The number of hydrogen-bond acceptors (Lipinski definition) is 4. The first-order valence-corrected chi connectivity index (χ1v) is 6.07. The minimum Gasteiger partial charge on any atom is -0.485 e. The van der Waals surface area contributed by atoms with Gasteiger partial charge in [-0.15, -0.1) is 0 Å². The number of hydrogen-bond donors (Lipinski definition) is 0. The van der Waals surface area contributed by atoms with Gasteiger partial charge in [0, 0.05) is 5.56 Å². The van der Waals surface area contributed by atoms with E-state index < -0.39 is 0 Å². The van der Waals surface area contributed by atoms with E-state index >= 15 is 0 Å². The van der Waals surface area contributed by atoms with Crippen LogP contribution in [0.4, 0.5) is 0 Å². The molecule has 1 aromatic rings. The Hall–Kier alpha value is -2.10. The maximum Gasteiger partial charge on any atom is 0.231 e. The first-order chi connectivity index (χ1) is 8.91. The highest BCUT2D eigenvalue weighted by Crippen LogP contribution is 2.39. The van der Waals surface area contributed by atoms with Gasteiger partial charge >= 0.3 is 0 Å². The van der Waals surface area contributed by atoms with Crippen LogP contribution in [0.5, 0.6) is 11.5 Å². The first kappa shape index (κ1) is 13.3. The molecule has 100 valence electrons. The van der Waals surface area contributed by atoms with Crippen molar-refractivity contribution in [2.24, 2.45) is 0 Å². The minimum absolute atomic E-state index is 0.0169. The van der Waals surface area contributed by atoms with Crippen LogP contribution in [0.2, 0.25) is 0 Å². The lowest BCUT2D eigenvalue weighted by atomic mass is 10.1. The van der Waals surface area contributed by atoms with Crippen molar-refractivity contribution in [1.29, 1.82) is 0 Å². The van der Waals surface area contributed by atoms with E-state index in [0.717, 1.165) is 11.1 Å². The maximum atomic E-state index is 12.1. The van der Waals surface area contributed by atoms with Gasteiger partial charge in [-0.3, -0.25) is 9.59 Å². The summed E-state index contributed by atoms with van der Waals surface area (Å²) in [7, 11) is 0. The molecule has 0 fully saturated rings. The highest BCUT2D eigenvalue weighted by atomic mass is 16.5. The topological polar surface area (TPSA) is 52.6 Å². The van der Waals surface area contributed by atoms with E-state index in [0.29, 0.717) is 22.8 Å². The van der Waals surface area contributed by atoms with Crippen LogP contribution < -0.4 is 9.47 Å². The van der Waals surface area contributed by atoms with Crippen molar-refractivity contribution in [2.75, 3.05) is 6.61 Å². The summed E-state index contributed by atoms with van der Waals surface area (Å²) in [6, 6.07) is 3.38. The molecule has 0 N–H and O–H groups in total. The van der Waals surface area contributed by atoms with Gasteiger partial charge < -0.3 is 9.47 Å². The molecule has 1 aliphatic rings. The normalized spacial score (nSPS) is 13.1. The van der Waals surface area contributed by atoms with Gasteiger partial charge in [-0.1, -0.05) is 0 Å². The second-order valence-electron chi connectivity index (χ2n) is 4.82. The Morgan fingerprint density at radius 2 is 1.95 bits per heavy atom. The number of carbonyl (C=O) groups excluding carboxylic acids is 2. The Labute approximate surface area is 112 Å². The van der Waals surface area contributed by atoms with Crippen molar-refractivity contribution in [3.05, 3.63) is 34.6 Å². The zero-order chi connectivity index (χ0) is 14.2.